The van der Waals surface area contributed by atoms with Gasteiger partial charge in [-0.3, -0.25) is 0 Å². The van der Waals surface area contributed by atoms with Crippen LogP contribution in [0.5, 0.6) is 5.75 Å². The molecule has 2 rings (SSSR count). The van der Waals surface area contributed by atoms with Crippen molar-refractivity contribution in [2.75, 3.05) is 0 Å². The topological polar surface area (TPSA) is 71.9 Å². The molecule has 5 nitrogen and oxygen atoms in total. The van der Waals surface area contributed by atoms with Crippen LogP contribution in [0.2, 0.25) is 5.02 Å². The van der Waals surface area contributed by atoms with Crippen molar-refractivity contribution in [3.8, 4) is 11.8 Å². The van der Waals surface area contributed by atoms with E-state index in [1.165, 1.54) is 0 Å². The molecule has 0 saturated carbocycles. The zero-order valence-electron chi connectivity index (χ0n) is 10.4. The molecule has 0 fully saturated rings. The third-order valence-electron chi connectivity index (χ3n) is 2.39. The van der Waals surface area contributed by atoms with Crippen molar-refractivity contribution in [3.05, 3.63) is 40.5 Å². The van der Waals surface area contributed by atoms with Gasteiger partial charge in [0.05, 0.1) is 5.56 Å². The molecule has 0 spiro atoms. The Kier molecular flexibility index (Phi) is 4.37. The minimum atomic E-state index is 0.141. The summed E-state index contributed by atoms with van der Waals surface area (Å²) in [6, 6.07) is 6.87. The van der Waals surface area contributed by atoms with Gasteiger partial charge >= 0.3 is 0 Å². The van der Waals surface area contributed by atoms with E-state index in [-0.39, 0.29) is 6.61 Å². The lowest BCUT2D eigenvalue weighted by Gasteiger charge is -2.05. The maximum absolute atomic E-state index is 8.96. The molecule has 0 radical (unpaired) electrons. The summed E-state index contributed by atoms with van der Waals surface area (Å²) >= 11 is 5.86. The monoisotopic (exact) mass is 277 g/mol. The molecule has 0 aliphatic rings. The maximum Gasteiger partial charge on any atom is 0.226 e. The van der Waals surface area contributed by atoms with Crippen molar-refractivity contribution in [2.45, 2.75) is 26.4 Å². The number of halogens is 1. The summed E-state index contributed by atoms with van der Waals surface area (Å²) in [5.41, 5.74) is 0.418. The second kappa shape index (κ2) is 6.21. The van der Waals surface area contributed by atoms with Crippen molar-refractivity contribution in [3.63, 3.8) is 0 Å². The number of hydrogen-bond acceptors (Lipinski definition) is 5. The van der Waals surface area contributed by atoms with Crippen molar-refractivity contribution in [1.82, 2.24) is 10.1 Å². The van der Waals surface area contributed by atoms with Gasteiger partial charge in [0.25, 0.3) is 0 Å². The Morgan fingerprint density at radius 3 is 3.05 bits per heavy atom. The Balaban J connectivity index is 2.05. The highest BCUT2D eigenvalue weighted by atomic mass is 35.5. The largest absolute Gasteiger partial charge is 0.484 e. The summed E-state index contributed by atoms with van der Waals surface area (Å²) in [4.78, 5) is 4.17. The van der Waals surface area contributed by atoms with Gasteiger partial charge in [-0.25, -0.2) is 0 Å². The van der Waals surface area contributed by atoms with Gasteiger partial charge in [-0.2, -0.15) is 10.2 Å². The Morgan fingerprint density at radius 2 is 2.32 bits per heavy atom. The predicted octanol–water partition coefficient (Wildman–Crippen LogP) is 3.13. The smallest absolute Gasteiger partial charge is 0.226 e. The SMILES string of the molecule is CCCc1nc(COc2cc(Cl)ccc2C#N)no1. The first-order valence-electron chi connectivity index (χ1n) is 5.87. The van der Waals surface area contributed by atoms with Crippen LogP contribution in [-0.2, 0) is 13.0 Å². The van der Waals surface area contributed by atoms with Crippen molar-refractivity contribution >= 4 is 11.6 Å². The van der Waals surface area contributed by atoms with Crippen LogP contribution in [0.25, 0.3) is 0 Å². The van der Waals surface area contributed by atoms with Crippen LogP contribution in [0.3, 0.4) is 0 Å². The molecule has 0 atom stereocenters. The second-order valence-corrected chi connectivity index (χ2v) is 4.33. The molecular weight excluding hydrogens is 266 g/mol. The summed E-state index contributed by atoms with van der Waals surface area (Å²) in [7, 11) is 0. The summed E-state index contributed by atoms with van der Waals surface area (Å²) in [5.74, 6) is 1.46. The van der Waals surface area contributed by atoms with Gasteiger partial charge in [0.15, 0.2) is 6.61 Å². The van der Waals surface area contributed by atoms with Crippen molar-refractivity contribution in [2.24, 2.45) is 0 Å². The van der Waals surface area contributed by atoms with Crippen LogP contribution in [-0.4, -0.2) is 10.1 Å². The Morgan fingerprint density at radius 1 is 1.47 bits per heavy atom. The lowest BCUT2D eigenvalue weighted by molar-refractivity contribution is 0.284. The minimum Gasteiger partial charge on any atom is -0.484 e. The third kappa shape index (κ3) is 3.46. The first-order valence-corrected chi connectivity index (χ1v) is 6.24. The van der Waals surface area contributed by atoms with Gasteiger partial charge in [-0.05, 0) is 18.6 Å². The Bertz CT molecular complexity index is 604. The maximum atomic E-state index is 8.96. The molecule has 0 aliphatic heterocycles. The average Bonchev–Trinajstić information content (AvgIpc) is 2.85. The lowest BCUT2D eigenvalue weighted by Crippen LogP contribution is -1.99. The van der Waals surface area contributed by atoms with E-state index in [0.717, 1.165) is 12.8 Å². The summed E-state index contributed by atoms with van der Waals surface area (Å²) in [5, 5.41) is 13.3. The van der Waals surface area contributed by atoms with E-state index in [1.807, 2.05) is 13.0 Å². The molecule has 6 heteroatoms. The van der Waals surface area contributed by atoms with Crippen LogP contribution in [0, 0.1) is 11.3 Å². The zero-order valence-corrected chi connectivity index (χ0v) is 11.1. The quantitative estimate of drug-likeness (QED) is 0.839. The number of benzene rings is 1. The fourth-order valence-corrected chi connectivity index (χ4v) is 1.68. The summed E-state index contributed by atoms with van der Waals surface area (Å²) in [6.45, 7) is 2.17. The number of nitrogens with zero attached hydrogens (tertiary/aromatic N) is 3. The molecule has 1 heterocycles. The molecule has 1 aromatic heterocycles. The summed E-state index contributed by atoms with van der Waals surface area (Å²) in [6.07, 6.45) is 1.68. The fraction of sp³-hybridized carbons (Fsp3) is 0.308. The second-order valence-electron chi connectivity index (χ2n) is 3.90. The third-order valence-corrected chi connectivity index (χ3v) is 2.63. The van der Waals surface area contributed by atoms with Crippen LogP contribution >= 0.6 is 11.6 Å². The lowest BCUT2D eigenvalue weighted by atomic mass is 10.2. The normalized spacial score (nSPS) is 10.2. The van der Waals surface area contributed by atoms with Gasteiger partial charge in [0, 0.05) is 17.5 Å². The first-order chi connectivity index (χ1) is 9.22. The highest BCUT2D eigenvalue weighted by molar-refractivity contribution is 6.30. The molecule has 0 bridgehead atoms. The molecular formula is C13H12ClN3O2. The van der Waals surface area contributed by atoms with Crippen molar-refractivity contribution in [1.29, 1.82) is 5.26 Å². The molecule has 19 heavy (non-hydrogen) atoms. The highest BCUT2D eigenvalue weighted by Gasteiger charge is 2.09. The van der Waals surface area contributed by atoms with Gasteiger partial charge < -0.3 is 9.26 Å². The van der Waals surface area contributed by atoms with Crippen LogP contribution < -0.4 is 4.74 Å². The number of aromatic nitrogens is 2. The number of rotatable bonds is 5. The Hall–Kier alpha value is -2.06. The van der Waals surface area contributed by atoms with E-state index in [2.05, 4.69) is 10.1 Å². The minimum absolute atomic E-state index is 0.141. The van der Waals surface area contributed by atoms with Gasteiger partial charge in [0.2, 0.25) is 11.7 Å². The number of hydrogen-bond donors (Lipinski definition) is 0. The van der Waals surface area contributed by atoms with E-state index < -0.39 is 0 Å². The predicted molar refractivity (Wildman–Crippen MR) is 68.8 cm³/mol. The Labute approximate surface area is 115 Å². The molecule has 1 aromatic carbocycles. The van der Waals surface area contributed by atoms with E-state index in [1.54, 1.807) is 18.2 Å². The standard InChI is InChI=1S/C13H12ClN3O2/c1-2-3-13-16-12(17-19-13)8-18-11-6-10(14)5-4-9(11)7-15/h4-6H,2-3,8H2,1H3. The fourth-order valence-electron chi connectivity index (χ4n) is 1.51. The first kappa shape index (κ1) is 13.4. The highest BCUT2D eigenvalue weighted by Crippen LogP contribution is 2.23. The van der Waals surface area contributed by atoms with Crippen molar-refractivity contribution < 1.29 is 9.26 Å². The molecule has 0 amide bonds. The van der Waals surface area contributed by atoms with E-state index >= 15 is 0 Å². The molecule has 98 valence electrons. The van der Waals surface area contributed by atoms with Crippen LogP contribution in [0.15, 0.2) is 22.7 Å². The molecule has 0 saturated heterocycles. The van der Waals surface area contributed by atoms with Crippen LogP contribution in [0.4, 0.5) is 0 Å². The summed E-state index contributed by atoms with van der Waals surface area (Å²) < 4.78 is 10.5. The van der Waals surface area contributed by atoms with E-state index in [9.17, 15) is 0 Å². The average molecular weight is 278 g/mol. The zero-order chi connectivity index (χ0) is 13.7. The van der Waals surface area contributed by atoms with Gasteiger partial charge in [-0.1, -0.05) is 23.7 Å². The number of nitriles is 1. The number of ether oxygens (including phenoxy) is 1. The van der Waals surface area contributed by atoms with E-state index in [0.29, 0.717) is 28.1 Å². The number of aryl methyl sites for hydroxylation is 1. The molecule has 0 unspecified atom stereocenters. The van der Waals surface area contributed by atoms with Gasteiger partial charge in [0.1, 0.15) is 11.8 Å². The molecule has 0 N–H and O–H groups in total. The van der Waals surface area contributed by atoms with Crippen LogP contribution in [0.1, 0.15) is 30.6 Å². The molecule has 0 aliphatic carbocycles. The van der Waals surface area contributed by atoms with Gasteiger partial charge in [-0.15, -0.1) is 0 Å². The van der Waals surface area contributed by atoms with E-state index in [4.69, 9.17) is 26.1 Å². The molecule has 2 aromatic rings.